The van der Waals surface area contributed by atoms with Gasteiger partial charge in [0.25, 0.3) is 5.91 Å². The number of likely N-dealkylation sites (tertiary alicyclic amines) is 1. The third kappa shape index (κ3) is 4.42. The van der Waals surface area contributed by atoms with Crippen LogP contribution >= 0.6 is 12.6 Å². The molecule has 4 nitrogen and oxygen atoms in total. The van der Waals surface area contributed by atoms with Crippen LogP contribution in [0.4, 0.5) is 4.39 Å². The van der Waals surface area contributed by atoms with Crippen molar-refractivity contribution < 1.29 is 18.8 Å². The molecule has 0 N–H and O–H groups in total. The lowest BCUT2D eigenvalue weighted by Gasteiger charge is -2.37. The molecule has 27 heavy (non-hydrogen) atoms. The van der Waals surface area contributed by atoms with Gasteiger partial charge in [0.2, 0.25) is 10.9 Å². The average Bonchev–Trinajstić information content (AvgIpc) is 3.07. The zero-order chi connectivity index (χ0) is 20.2. The molecule has 0 spiro atoms. The molecule has 6 heteroatoms. The fourth-order valence-electron chi connectivity index (χ4n) is 3.61. The van der Waals surface area contributed by atoms with E-state index in [-0.39, 0.29) is 5.82 Å². The fraction of sp³-hybridized carbons (Fsp3) is 0.571. The fourth-order valence-corrected chi connectivity index (χ4v) is 3.95. The van der Waals surface area contributed by atoms with E-state index in [4.69, 9.17) is 0 Å². The van der Waals surface area contributed by atoms with Crippen molar-refractivity contribution >= 4 is 29.4 Å². The van der Waals surface area contributed by atoms with Gasteiger partial charge in [-0.3, -0.25) is 14.4 Å². The number of hydrogen-bond donors (Lipinski definition) is 1. The highest BCUT2D eigenvalue weighted by Crippen LogP contribution is 2.37. The summed E-state index contributed by atoms with van der Waals surface area (Å²) in [4.78, 5) is 39.4. The van der Waals surface area contributed by atoms with Crippen LogP contribution < -0.4 is 0 Å². The Morgan fingerprint density at radius 3 is 2.52 bits per heavy atom. The summed E-state index contributed by atoms with van der Waals surface area (Å²) in [6.07, 6.45) is 3.04. The van der Waals surface area contributed by atoms with Crippen LogP contribution in [0.5, 0.6) is 0 Å². The lowest BCUT2D eigenvalue weighted by Crippen LogP contribution is -2.55. The van der Waals surface area contributed by atoms with Gasteiger partial charge in [0.05, 0.1) is 0 Å². The van der Waals surface area contributed by atoms with Crippen LogP contribution in [0, 0.1) is 11.2 Å². The number of ketones is 1. The van der Waals surface area contributed by atoms with Gasteiger partial charge in [-0.15, -0.1) is 12.6 Å². The van der Waals surface area contributed by atoms with E-state index in [1.54, 1.807) is 32.0 Å². The minimum Gasteiger partial charge on any atom is -0.322 e. The van der Waals surface area contributed by atoms with Gasteiger partial charge in [-0.05, 0) is 50.2 Å². The number of Topliss-reactive ketones (excluding diaryl/α,β-unsaturated/α-hetero) is 1. The molecule has 1 amide bonds. The first-order valence-corrected chi connectivity index (χ1v) is 9.93. The highest BCUT2D eigenvalue weighted by atomic mass is 32.1. The maximum Gasteiger partial charge on any atom is 0.291 e. The minimum atomic E-state index is -1.08. The number of amides is 1. The highest BCUT2D eigenvalue weighted by Gasteiger charge is 2.50. The Bertz CT molecular complexity index is 734. The second-order valence-corrected chi connectivity index (χ2v) is 8.31. The van der Waals surface area contributed by atoms with Crippen molar-refractivity contribution in [2.24, 2.45) is 5.41 Å². The topological polar surface area (TPSA) is 54.5 Å². The van der Waals surface area contributed by atoms with Crippen molar-refractivity contribution in [3.63, 3.8) is 0 Å². The van der Waals surface area contributed by atoms with Gasteiger partial charge in [-0.2, -0.15) is 0 Å². The van der Waals surface area contributed by atoms with Gasteiger partial charge in [0, 0.05) is 12.0 Å². The Balaban J connectivity index is 2.18. The summed E-state index contributed by atoms with van der Waals surface area (Å²) in [5.74, 6) is -1.35. The predicted octanol–water partition coefficient (Wildman–Crippen LogP) is 3.97. The SMILES string of the molecule is CCC(C)(C)C(=O)C(=O)N1CCC[C@@]1(CCCc1ccccc1F)C(=O)S. The first-order valence-electron chi connectivity index (χ1n) is 9.49. The Morgan fingerprint density at radius 2 is 1.93 bits per heavy atom. The molecule has 0 aromatic heterocycles. The number of halogens is 1. The van der Waals surface area contributed by atoms with Crippen LogP contribution in [0.25, 0.3) is 0 Å². The van der Waals surface area contributed by atoms with Crippen LogP contribution in [-0.2, 0) is 20.8 Å². The largest absolute Gasteiger partial charge is 0.322 e. The normalized spacial score (nSPS) is 20.0. The number of rotatable bonds is 8. The lowest BCUT2D eigenvalue weighted by atomic mass is 9.83. The van der Waals surface area contributed by atoms with Crippen molar-refractivity contribution in [1.82, 2.24) is 4.90 Å². The first-order chi connectivity index (χ1) is 12.7. The Labute approximate surface area is 165 Å². The molecule has 0 unspecified atom stereocenters. The molecule has 1 aliphatic heterocycles. The van der Waals surface area contributed by atoms with Crippen molar-refractivity contribution in [2.45, 2.75) is 64.8 Å². The summed E-state index contributed by atoms with van der Waals surface area (Å²) in [5, 5.41) is -0.399. The molecule has 1 aromatic carbocycles. The minimum absolute atomic E-state index is 0.275. The number of hydrogen-bond acceptors (Lipinski definition) is 3. The first kappa shape index (κ1) is 21.6. The Hall–Kier alpha value is -1.69. The summed E-state index contributed by atoms with van der Waals surface area (Å²) in [5.41, 5.74) is -1.26. The standard InChI is InChI=1S/C21H28FNO3S/c1-4-20(2,3)17(24)18(25)23-14-8-13-21(23,19(26)27)12-7-10-15-9-5-6-11-16(15)22/h5-6,9,11H,4,7-8,10,12-14H2,1-3H3,(H,26,27)/t21-/m0/s1. The maximum atomic E-state index is 13.8. The van der Waals surface area contributed by atoms with Crippen LogP contribution in [0.15, 0.2) is 24.3 Å². The lowest BCUT2D eigenvalue weighted by molar-refractivity contribution is -0.153. The number of nitrogens with zero attached hydrogens (tertiary/aromatic N) is 1. The molecule has 1 atom stereocenters. The predicted molar refractivity (Wildman–Crippen MR) is 106 cm³/mol. The summed E-state index contributed by atoms with van der Waals surface area (Å²) in [6, 6.07) is 6.53. The van der Waals surface area contributed by atoms with Crippen LogP contribution in [0.2, 0.25) is 0 Å². The van der Waals surface area contributed by atoms with Crippen molar-refractivity contribution in [1.29, 1.82) is 0 Å². The van der Waals surface area contributed by atoms with E-state index in [1.807, 2.05) is 6.92 Å². The van der Waals surface area contributed by atoms with Gasteiger partial charge in [0.15, 0.2) is 0 Å². The van der Waals surface area contributed by atoms with Crippen molar-refractivity contribution in [3.05, 3.63) is 35.6 Å². The summed E-state index contributed by atoms with van der Waals surface area (Å²) < 4.78 is 13.8. The molecular formula is C21H28FNO3S. The molecule has 2 rings (SSSR count). The maximum absolute atomic E-state index is 13.8. The quantitative estimate of drug-likeness (QED) is 0.537. The molecule has 1 heterocycles. The Kier molecular flexibility index (Phi) is 6.84. The molecule has 1 aromatic rings. The van der Waals surface area contributed by atoms with E-state index < -0.39 is 27.8 Å². The molecule has 1 saturated heterocycles. The number of thiol groups is 1. The molecule has 148 valence electrons. The van der Waals surface area contributed by atoms with Crippen LogP contribution in [-0.4, -0.2) is 33.8 Å². The second kappa shape index (κ2) is 8.55. The van der Waals surface area contributed by atoms with Gasteiger partial charge in [0.1, 0.15) is 11.4 Å². The zero-order valence-corrected chi connectivity index (χ0v) is 17.2. The molecule has 1 fully saturated rings. The van der Waals surface area contributed by atoms with Gasteiger partial charge < -0.3 is 4.90 Å². The average molecular weight is 394 g/mol. The molecule has 1 aliphatic rings. The van der Waals surface area contributed by atoms with Crippen molar-refractivity contribution in [3.8, 4) is 0 Å². The van der Waals surface area contributed by atoms with E-state index >= 15 is 0 Å². The smallest absolute Gasteiger partial charge is 0.291 e. The second-order valence-electron chi connectivity index (χ2n) is 7.91. The van der Waals surface area contributed by atoms with Crippen LogP contribution in [0.1, 0.15) is 58.4 Å². The third-order valence-electron chi connectivity index (χ3n) is 5.82. The van der Waals surface area contributed by atoms with E-state index in [2.05, 4.69) is 12.6 Å². The van der Waals surface area contributed by atoms with E-state index in [1.165, 1.54) is 11.0 Å². The summed E-state index contributed by atoms with van der Waals surface area (Å²) in [6.45, 7) is 5.72. The van der Waals surface area contributed by atoms with Gasteiger partial charge in [-0.25, -0.2) is 4.39 Å². The van der Waals surface area contributed by atoms with Gasteiger partial charge >= 0.3 is 0 Å². The molecule has 0 radical (unpaired) electrons. The summed E-state index contributed by atoms with van der Waals surface area (Å²) >= 11 is 4.06. The molecule has 0 saturated carbocycles. The van der Waals surface area contributed by atoms with E-state index in [0.29, 0.717) is 50.6 Å². The van der Waals surface area contributed by atoms with Gasteiger partial charge in [-0.1, -0.05) is 39.0 Å². The number of carbonyl (C=O) groups excluding carboxylic acids is 3. The third-order valence-corrected chi connectivity index (χ3v) is 6.24. The molecule has 0 bridgehead atoms. The number of aryl methyl sites for hydroxylation is 1. The van der Waals surface area contributed by atoms with E-state index in [9.17, 15) is 18.8 Å². The molecule has 0 aliphatic carbocycles. The number of carbonyl (C=O) groups is 3. The number of benzene rings is 1. The highest BCUT2D eigenvalue weighted by molar-refractivity contribution is 7.96. The Morgan fingerprint density at radius 1 is 1.26 bits per heavy atom. The van der Waals surface area contributed by atoms with Crippen molar-refractivity contribution in [2.75, 3.05) is 6.54 Å². The van der Waals surface area contributed by atoms with E-state index in [0.717, 1.165) is 0 Å². The monoisotopic (exact) mass is 393 g/mol. The zero-order valence-electron chi connectivity index (χ0n) is 16.3. The van der Waals surface area contributed by atoms with Crippen LogP contribution in [0.3, 0.4) is 0 Å². The molecular weight excluding hydrogens is 365 g/mol. The summed E-state index contributed by atoms with van der Waals surface area (Å²) in [7, 11) is 0.